The van der Waals surface area contributed by atoms with E-state index in [0.717, 1.165) is 0 Å². The molecule has 0 saturated heterocycles. The molecule has 3 N–H and O–H groups in total. The van der Waals surface area contributed by atoms with Gasteiger partial charge in [0, 0.05) is 14.1 Å². The number of carbonyl (C=O) groups is 1. The largest absolute Gasteiger partial charge is 0.504 e. The van der Waals surface area contributed by atoms with Gasteiger partial charge in [-0.3, -0.25) is 4.79 Å². The van der Waals surface area contributed by atoms with E-state index in [1.165, 1.54) is 19.2 Å². The monoisotopic (exact) mass is 181 g/mol. The quantitative estimate of drug-likeness (QED) is 0.608. The number of hydrogen-bond acceptors (Lipinski definition) is 4. The Labute approximate surface area is 75.8 Å². The van der Waals surface area contributed by atoms with Crippen LogP contribution in [0.1, 0.15) is 10.5 Å². The van der Waals surface area contributed by atoms with Gasteiger partial charge in [-0.15, -0.1) is 0 Å². The van der Waals surface area contributed by atoms with Crippen LogP contribution in [0.4, 0.5) is 5.82 Å². The smallest absolute Gasteiger partial charge is 0.269 e. The number of aromatic hydroxyl groups is 1. The molecular weight excluding hydrogens is 170 g/mol. The van der Waals surface area contributed by atoms with Crippen molar-refractivity contribution in [1.29, 1.82) is 0 Å². The average molecular weight is 181 g/mol. The summed E-state index contributed by atoms with van der Waals surface area (Å²) >= 11 is 0. The summed E-state index contributed by atoms with van der Waals surface area (Å²) in [4.78, 5) is 15.0. The minimum absolute atomic E-state index is 0.0233. The third kappa shape index (κ3) is 1.87. The lowest BCUT2D eigenvalue weighted by Gasteiger charge is -2.04. The molecule has 5 nitrogen and oxygen atoms in total. The van der Waals surface area contributed by atoms with Crippen molar-refractivity contribution < 1.29 is 9.90 Å². The molecule has 0 spiro atoms. The van der Waals surface area contributed by atoms with Gasteiger partial charge in [0.25, 0.3) is 5.91 Å². The first-order chi connectivity index (χ1) is 6.19. The maximum absolute atomic E-state index is 11.1. The van der Waals surface area contributed by atoms with E-state index in [2.05, 4.69) is 15.6 Å². The van der Waals surface area contributed by atoms with Gasteiger partial charge in [0.2, 0.25) is 0 Å². The van der Waals surface area contributed by atoms with Crippen molar-refractivity contribution in [3.8, 4) is 5.75 Å². The van der Waals surface area contributed by atoms with Gasteiger partial charge in [-0.05, 0) is 12.1 Å². The predicted octanol–water partition coefficient (Wildman–Crippen LogP) is 0.188. The van der Waals surface area contributed by atoms with Gasteiger partial charge >= 0.3 is 0 Å². The first-order valence-corrected chi connectivity index (χ1v) is 3.79. The van der Waals surface area contributed by atoms with Crippen LogP contribution in [0.2, 0.25) is 0 Å². The molecule has 0 fully saturated rings. The van der Waals surface area contributed by atoms with Crippen LogP contribution < -0.4 is 10.6 Å². The topological polar surface area (TPSA) is 74.2 Å². The Hall–Kier alpha value is -1.78. The number of nitrogens with zero attached hydrogens (tertiary/aromatic N) is 1. The standard InChI is InChI=1S/C8H11N3O2/c1-9-7-6(12)4-3-5(11-7)8(13)10-2/h3-4,12H,1-2H3,(H,9,11)(H,10,13). The molecule has 0 radical (unpaired) electrons. The lowest BCUT2D eigenvalue weighted by atomic mass is 10.3. The van der Waals surface area contributed by atoms with Crippen LogP contribution in [0.5, 0.6) is 5.75 Å². The molecule has 13 heavy (non-hydrogen) atoms. The maximum atomic E-state index is 11.1. The van der Waals surface area contributed by atoms with Crippen molar-refractivity contribution in [2.24, 2.45) is 0 Å². The fourth-order valence-electron chi connectivity index (χ4n) is 0.890. The summed E-state index contributed by atoms with van der Waals surface area (Å²) in [5.74, 6) is 0.0350. The van der Waals surface area contributed by atoms with E-state index in [-0.39, 0.29) is 17.4 Å². The van der Waals surface area contributed by atoms with Crippen LogP contribution in [0, 0.1) is 0 Å². The molecule has 0 aromatic carbocycles. The van der Waals surface area contributed by atoms with Crippen molar-refractivity contribution >= 4 is 11.7 Å². The Bertz CT molecular complexity index is 325. The fraction of sp³-hybridized carbons (Fsp3) is 0.250. The van der Waals surface area contributed by atoms with Crippen molar-refractivity contribution in [2.45, 2.75) is 0 Å². The molecule has 0 unspecified atom stereocenters. The van der Waals surface area contributed by atoms with Gasteiger partial charge in [-0.1, -0.05) is 0 Å². The fourth-order valence-corrected chi connectivity index (χ4v) is 0.890. The number of aromatic nitrogens is 1. The van der Waals surface area contributed by atoms with Crippen LogP contribution >= 0.6 is 0 Å². The van der Waals surface area contributed by atoms with Crippen molar-refractivity contribution in [2.75, 3.05) is 19.4 Å². The average Bonchev–Trinajstić information content (AvgIpc) is 2.17. The maximum Gasteiger partial charge on any atom is 0.269 e. The Balaban J connectivity index is 3.06. The second-order valence-electron chi connectivity index (χ2n) is 2.39. The number of amides is 1. The number of nitrogens with one attached hydrogen (secondary N) is 2. The zero-order valence-electron chi connectivity index (χ0n) is 7.46. The molecule has 1 aromatic rings. The normalized spacial score (nSPS) is 9.38. The number of carbonyl (C=O) groups excluding carboxylic acids is 1. The Morgan fingerprint density at radius 2 is 2.15 bits per heavy atom. The lowest BCUT2D eigenvalue weighted by Crippen LogP contribution is -2.19. The molecule has 1 amide bonds. The molecule has 1 aromatic heterocycles. The van der Waals surface area contributed by atoms with Crippen molar-refractivity contribution in [3.05, 3.63) is 17.8 Å². The molecule has 1 heterocycles. The van der Waals surface area contributed by atoms with E-state index in [0.29, 0.717) is 5.82 Å². The highest BCUT2D eigenvalue weighted by Crippen LogP contribution is 2.19. The number of anilines is 1. The van der Waals surface area contributed by atoms with E-state index in [1.807, 2.05) is 0 Å². The van der Waals surface area contributed by atoms with E-state index in [4.69, 9.17) is 0 Å². The summed E-state index contributed by atoms with van der Waals surface area (Å²) in [5, 5.41) is 14.3. The van der Waals surface area contributed by atoms with E-state index >= 15 is 0 Å². The van der Waals surface area contributed by atoms with Gasteiger partial charge in [-0.2, -0.15) is 0 Å². The number of rotatable bonds is 2. The summed E-state index contributed by atoms with van der Waals surface area (Å²) in [6.07, 6.45) is 0. The SMILES string of the molecule is CNC(=O)c1ccc(O)c(NC)n1. The molecule has 0 saturated carbocycles. The summed E-state index contributed by atoms with van der Waals surface area (Å²) in [5.41, 5.74) is 0.268. The van der Waals surface area contributed by atoms with Crippen LogP contribution in [0.3, 0.4) is 0 Å². The van der Waals surface area contributed by atoms with Crippen LogP contribution in [0.25, 0.3) is 0 Å². The molecular formula is C8H11N3O2. The van der Waals surface area contributed by atoms with Gasteiger partial charge in [-0.25, -0.2) is 4.98 Å². The van der Waals surface area contributed by atoms with Gasteiger partial charge < -0.3 is 15.7 Å². The molecule has 0 bridgehead atoms. The molecule has 5 heteroatoms. The molecule has 0 atom stereocenters. The Kier molecular flexibility index (Phi) is 2.69. The highest BCUT2D eigenvalue weighted by Gasteiger charge is 2.07. The highest BCUT2D eigenvalue weighted by atomic mass is 16.3. The first kappa shape index (κ1) is 9.31. The van der Waals surface area contributed by atoms with Gasteiger partial charge in [0.1, 0.15) is 5.69 Å². The second kappa shape index (κ2) is 3.75. The predicted molar refractivity (Wildman–Crippen MR) is 48.8 cm³/mol. The summed E-state index contributed by atoms with van der Waals surface area (Å²) < 4.78 is 0. The molecule has 0 aliphatic carbocycles. The third-order valence-electron chi connectivity index (χ3n) is 1.57. The first-order valence-electron chi connectivity index (χ1n) is 3.79. The van der Waals surface area contributed by atoms with Crippen molar-refractivity contribution in [3.63, 3.8) is 0 Å². The van der Waals surface area contributed by atoms with Crippen LogP contribution in [-0.4, -0.2) is 30.1 Å². The van der Waals surface area contributed by atoms with E-state index < -0.39 is 0 Å². The Morgan fingerprint density at radius 3 is 2.69 bits per heavy atom. The lowest BCUT2D eigenvalue weighted by molar-refractivity contribution is 0.0958. The summed E-state index contributed by atoms with van der Waals surface area (Å²) in [6, 6.07) is 2.87. The molecule has 70 valence electrons. The second-order valence-corrected chi connectivity index (χ2v) is 2.39. The molecule has 0 aliphatic rings. The van der Waals surface area contributed by atoms with E-state index in [9.17, 15) is 9.90 Å². The van der Waals surface area contributed by atoms with Crippen molar-refractivity contribution in [1.82, 2.24) is 10.3 Å². The van der Waals surface area contributed by atoms with E-state index in [1.54, 1.807) is 7.05 Å². The number of pyridine rings is 1. The van der Waals surface area contributed by atoms with Gasteiger partial charge in [0.05, 0.1) is 0 Å². The molecule has 0 aliphatic heterocycles. The minimum Gasteiger partial charge on any atom is -0.504 e. The third-order valence-corrected chi connectivity index (χ3v) is 1.57. The highest BCUT2D eigenvalue weighted by molar-refractivity contribution is 5.92. The van der Waals surface area contributed by atoms with Crippen LogP contribution in [-0.2, 0) is 0 Å². The van der Waals surface area contributed by atoms with Gasteiger partial charge in [0.15, 0.2) is 11.6 Å². The zero-order chi connectivity index (χ0) is 9.84. The summed E-state index contributed by atoms with van der Waals surface area (Å²) in [7, 11) is 3.14. The number of hydrogen-bond donors (Lipinski definition) is 3. The van der Waals surface area contributed by atoms with Crippen LogP contribution in [0.15, 0.2) is 12.1 Å². The zero-order valence-corrected chi connectivity index (χ0v) is 7.46. The minimum atomic E-state index is -0.281. The summed E-state index contributed by atoms with van der Waals surface area (Å²) in [6.45, 7) is 0. The molecule has 1 rings (SSSR count). The Morgan fingerprint density at radius 1 is 1.46 bits per heavy atom.